The Labute approximate surface area is 59.7 Å². The SMILES string of the molecule is NC(=O)[CH]c1ccccc1. The fourth-order valence-electron chi connectivity index (χ4n) is 0.714. The molecule has 0 spiro atoms. The Morgan fingerprint density at radius 1 is 1.30 bits per heavy atom. The number of hydrogen-bond acceptors (Lipinski definition) is 1. The first-order valence-corrected chi connectivity index (χ1v) is 2.98. The molecule has 1 rings (SSSR count). The number of hydrogen-bond donors (Lipinski definition) is 1. The van der Waals surface area contributed by atoms with Gasteiger partial charge in [-0.3, -0.25) is 4.79 Å². The minimum Gasteiger partial charge on any atom is -0.369 e. The number of nitrogens with two attached hydrogens (primary N) is 1. The predicted molar refractivity (Wildman–Crippen MR) is 39.0 cm³/mol. The summed E-state index contributed by atoms with van der Waals surface area (Å²) in [6.45, 7) is 0. The molecule has 1 aromatic carbocycles. The molecule has 2 heteroatoms. The van der Waals surface area contributed by atoms with Crippen LogP contribution in [0.4, 0.5) is 0 Å². The maximum Gasteiger partial charge on any atom is 0.226 e. The van der Waals surface area contributed by atoms with Gasteiger partial charge in [-0.05, 0) is 5.56 Å². The first-order valence-electron chi connectivity index (χ1n) is 2.98. The molecule has 1 amide bonds. The summed E-state index contributed by atoms with van der Waals surface area (Å²) in [7, 11) is 0. The van der Waals surface area contributed by atoms with Crippen molar-refractivity contribution in [2.45, 2.75) is 0 Å². The zero-order chi connectivity index (χ0) is 7.40. The fourth-order valence-corrected chi connectivity index (χ4v) is 0.714. The van der Waals surface area contributed by atoms with E-state index in [4.69, 9.17) is 5.73 Å². The lowest BCUT2D eigenvalue weighted by Crippen LogP contribution is -2.11. The maximum atomic E-state index is 10.3. The summed E-state index contributed by atoms with van der Waals surface area (Å²) in [6.07, 6.45) is 1.39. The summed E-state index contributed by atoms with van der Waals surface area (Å²) in [6, 6.07) is 9.25. The van der Waals surface area contributed by atoms with Gasteiger partial charge in [-0.25, -0.2) is 0 Å². The van der Waals surface area contributed by atoms with E-state index in [1.807, 2.05) is 30.3 Å². The first kappa shape index (κ1) is 6.81. The molecule has 0 saturated carbocycles. The van der Waals surface area contributed by atoms with E-state index in [1.54, 1.807) is 0 Å². The lowest BCUT2D eigenvalue weighted by molar-refractivity contribution is -0.114. The minimum absolute atomic E-state index is 0.411. The van der Waals surface area contributed by atoms with Crippen molar-refractivity contribution >= 4 is 5.91 Å². The topological polar surface area (TPSA) is 43.1 Å². The van der Waals surface area contributed by atoms with Gasteiger partial charge in [0.2, 0.25) is 5.91 Å². The first-order chi connectivity index (χ1) is 4.79. The monoisotopic (exact) mass is 134 g/mol. The highest BCUT2D eigenvalue weighted by molar-refractivity contribution is 5.86. The molecule has 10 heavy (non-hydrogen) atoms. The summed E-state index contributed by atoms with van der Waals surface area (Å²) in [5.74, 6) is -0.411. The third kappa shape index (κ3) is 1.90. The lowest BCUT2D eigenvalue weighted by Gasteiger charge is -1.92. The molecule has 0 unspecified atom stereocenters. The molecule has 0 aliphatic carbocycles. The van der Waals surface area contributed by atoms with E-state index in [0.717, 1.165) is 5.56 Å². The van der Waals surface area contributed by atoms with Crippen LogP contribution in [-0.2, 0) is 4.79 Å². The standard InChI is InChI=1S/C8H8NO/c9-8(10)6-7-4-2-1-3-5-7/h1-6H,(H2,9,10). The van der Waals surface area contributed by atoms with E-state index in [1.165, 1.54) is 6.42 Å². The summed E-state index contributed by atoms with van der Waals surface area (Å²) < 4.78 is 0. The average Bonchev–Trinajstić information content (AvgIpc) is 1.88. The van der Waals surface area contributed by atoms with E-state index >= 15 is 0 Å². The van der Waals surface area contributed by atoms with Crippen molar-refractivity contribution in [3.8, 4) is 0 Å². The van der Waals surface area contributed by atoms with Crippen LogP contribution in [0.1, 0.15) is 5.56 Å². The number of amides is 1. The molecule has 1 radical (unpaired) electrons. The average molecular weight is 134 g/mol. The largest absolute Gasteiger partial charge is 0.369 e. The summed E-state index contributed by atoms with van der Waals surface area (Å²) >= 11 is 0. The zero-order valence-electron chi connectivity index (χ0n) is 5.45. The molecule has 0 atom stereocenters. The van der Waals surface area contributed by atoms with Crippen molar-refractivity contribution in [2.75, 3.05) is 0 Å². The van der Waals surface area contributed by atoms with Crippen LogP contribution in [0.15, 0.2) is 30.3 Å². The van der Waals surface area contributed by atoms with Gasteiger partial charge >= 0.3 is 0 Å². The molecule has 0 aliphatic rings. The Morgan fingerprint density at radius 3 is 2.40 bits per heavy atom. The Kier molecular flexibility index (Phi) is 2.05. The van der Waals surface area contributed by atoms with Crippen molar-refractivity contribution in [3.05, 3.63) is 42.3 Å². The van der Waals surface area contributed by atoms with Crippen molar-refractivity contribution < 1.29 is 4.79 Å². The van der Waals surface area contributed by atoms with E-state index in [0.29, 0.717) is 0 Å². The van der Waals surface area contributed by atoms with Crippen molar-refractivity contribution in [3.63, 3.8) is 0 Å². The van der Waals surface area contributed by atoms with Gasteiger partial charge in [0.25, 0.3) is 0 Å². The molecular weight excluding hydrogens is 126 g/mol. The van der Waals surface area contributed by atoms with Gasteiger partial charge in [-0.1, -0.05) is 30.3 Å². The van der Waals surface area contributed by atoms with Crippen LogP contribution < -0.4 is 5.73 Å². The molecule has 0 aliphatic heterocycles. The molecule has 2 N–H and O–H groups in total. The smallest absolute Gasteiger partial charge is 0.226 e. The molecule has 1 aromatic rings. The molecule has 51 valence electrons. The van der Waals surface area contributed by atoms with Gasteiger partial charge in [0.1, 0.15) is 0 Å². The van der Waals surface area contributed by atoms with Crippen LogP contribution in [0.2, 0.25) is 0 Å². The zero-order valence-corrected chi connectivity index (χ0v) is 5.45. The third-order valence-corrected chi connectivity index (χ3v) is 1.11. The van der Waals surface area contributed by atoms with Crippen molar-refractivity contribution in [1.82, 2.24) is 0 Å². The van der Waals surface area contributed by atoms with E-state index in [9.17, 15) is 4.79 Å². The molecular formula is C8H8NO. The van der Waals surface area contributed by atoms with Gasteiger partial charge in [-0.2, -0.15) is 0 Å². The molecule has 0 fully saturated rings. The molecule has 0 bridgehead atoms. The lowest BCUT2D eigenvalue weighted by atomic mass is 10.1. The van der Waals surface area contributed by atoms with Crippen molar-refractivity contribution in [2.24, 2.45) is 5.73 Å². The third-order valence-electron chi connectivity index (χ3n) is 1.11. The second-order valence-corrected chi connectivity index (χ2v) is 1.96. The van der Waals surface area contributed by atoms with Crippen LogP contribution in [0, 0.1) is 6.42 Å². The number of benzene rings is 1. The molecule has 2 nitrogen and oxygen atoms in total. The predicted octanol–water partition coefficient (Wildman–Crippen LogP) is 0.724. The molecule has 0 saturated heterocycles. The summed E-state index contributed by atoms with van der Waals surface area (Å²) in [4.78, 5) is 10.3. The van der Waals surface area contributed by atoms with Gasteiger partial charge in [0.15, 0.2) is 0 Å². The number of carbonyl (C=O) groups excluding carboxylic acids is 1. The number of carbonyl (C=O) groups is 1. The van der Waals surface area contributed by atoms with E-state index in [-0.39, 0.29) is 0 Å². The van der Waals surface area contributed by atoms with Crippen LogP contribution >= 0.6 is 0 Å². The van der Waals surface area contributed by atoms with Gasteiger partial charge < -0.3 is 5.73 Å². The number of rotatable bonds is 2. The number of primary amides is 1. The van der Waals surface area contributed by atoms with E-state index in [2.05, 4.69) is 0 Å². The fraction of sp³-hybridized carbons (Fsp3) is 0. The Balaban J connectivity index is 2.67. The Morgan fingerprint density at radius 2 is 1.90 bits per heavy atom. The minimum atomic E-state index is -0.411. The highest BCUT2D eigenvalue weighted by Crippen LogP contribution is 1.99. The Hall–Kier alpha value is -1.31. The normalized spacial score (nSPS) is 9.20. The molecule has 0 heterocycles. The summed E-state index contributed by atoms with van der Waals surface area (Å²) in [5, 5.41) is 0. The van der Waals surface area contributed by atoms with Crippen LogP contribution in [-0.4, -0.2) is 5.91 Å². The molecule has 0 aromatic heterocycles. The second kappa shape index (κ2) is 3.01. The highest BCUT2D eigenvalue weighted by atomic mass is 16.1. The van der Waals surface area contributed by atoms with Gasteiger partial charge in [-0.15, -0.1) is 0 Å². The second-order valence-electron chi connectivity index (χ2n) is 1.96. The van der Waals surface area contributed by atoms with Crippen molar-refractivity contribution in [1.29, 1.82) is 0 Å². The van der Waals surface area contributed by atoms with Crippen LogP contribution in [0.25, 0.3) is 0 Å². The van der Waals surface area contributed by atoms with E-state index < -0.39 is 5.91 Å². The van der Waals surface area contributed by atoms with Crippen LogP contribution in [0.5, 0.6) is 0 Å². The quantitative estimate of drug-likeness (QED) is 0.636. The van der Waals surface area contributed by atoms with Gasteiger partial charge in [0, 0.05) is 0 Å². The Bertz CT molecular complexity index is 218. The summed E-state index contributed by atoms with van der Waals surface area (Å²) in [5.41, 5.74) is 5.77. The highest BCUT2D eigenvalue weighted by Gasteiger charge is 1.95. The maximum absolute atomic E-state index is 10.3. The van der Waals surface area contributed by atoms with Gasteiger partial charge in [0.05, 0.1) is 6.42 Å². The van der Waals surface area contributed by atoms with Crippen LogP contribution in [0.3, 0.4) is 0 Å².